The van der Waals surface area contributed by atoms with Gasteiger partial charge in [-0.25, -0.2) is 0 Å². The lowest BCUT2D eigenvalue weighted by molar-refractivity contribution is -0.126. The maximum Gasteiger partial charge on any atom is 0.220 e. The van der Waals surface area contributed by atoms with E-state index in [9.17, 15) is 9.59 Å². The first-order chi connectivity index (χ1) is 6.20. The average Bonchev–Trinajstić information content (AvgIpc) is 2.12. The van der Waals surface area contributed by atoms with Crippen molar-refractivity contribution in [1.82, 2.24) is 10.6 Å². The number of amides is 2. The normalized spacial score (nSPS) is 9.38. The molecule has 2 amide bonds. The van der Waals surface area contributed by atoms with Gasteiger partial charge in [-0.15, -0.1) is 0 Å². The zero-order valence-electron chi connectivity index (χ0n) is 7.80. The topological polar surface area (TPSA) is 58.2 Å². The molecule has 0 unspecified atom stereocenters. The molecule has 0 aliphatic carbocycles. The van der Waals surface area contributed by atoms with Gasteiger partial charge in [0.1, 0.15) is 0 Å². The molecular weight excluding hydrogens is 188 g/mol. The monoisotopic (exact) mass is 204 g/mol. The van der Waals surface area contributed by atoms with Crippen molar-refractivity contribution in [3.05, 3.63) is 0 Å². The maximum atomic E-state index is 11.0. The number of thiol groups is 1. The Morgan fingerprint density at radius 3 is 2.15 bits per heavy atom. The lowest BCUT2D eigenvalue weighted by atomic mass is 10.3. The predicted octanol–water partition coefficient (Wildman–Crippen LogP) is -0.0513. The van der Waals surface area contributed by atoms with Crippen LogP contribution in [0.5, 0.6) is 0 Å². The van der Waals surface area contributed by atoms with E-state index in [0.29, 0.717) is 18.8 Å². The van der Waals surface area contributed by atoms with E-state index in [4.69, 9.17) is 0 Å². The van der Waals surface area contributed by atoms with Crippen molar-refractivity contribution in [2.45, 2.75) is 19.8 Å². The third-order valence-corrected chi connectivity index (χ3v) is 1.61. The molecule has 0 aliphatic heterocycles. The van der Waals surface area contributed by atoms with Crippen LogP contribution < -0.4 is 10.6 Å². The standard InChI is InChI=1S/C8H16N2O2S/c1-2-9-7(11)3-4-8(12)10-5-6-13/h13H,2-6H2,1H3,(H,9,11)(H,10,12). The van der Waals surface area contributed by atoms with Gasteiger partial charge >= 0.3 is 0 Å². The summed E-state index contributed by atoms with van der Waals surface area (Å²) < 4.78 is 0. The Kier molecular flexibility index (Phi) is 7.48. The molecule has 2 N–H and O–H groups in total. The van der Waals surface area contributed by atoms with E-state index in [-0.39, 0.29) is 24.7 Å². The summed E-state index contributed by atoms with van der Waals surface area (Å²) in [5.74, 6) is 0.441. The molecule has 0 rings (SSSR count). The lowest BCUT2D eigenvalue weighted by Gasteiger charge is -2.03. The van der Waals surface area contributed by atoms with E-state index >= 15 is 0 Å². The Labute approximate surface area is 83.9 Å². The maximum absolute atomic E-state index is 11.0. The number of hydrogen-bond acceptors (Lipinski definition) is 3. The molecule has 0 aliphatic rings. The van der Waals surface area contributed by atoms with Gasteiger partial charge in [0.25, 0.3) is 0 Å². The second kappa shape index (κ2) is 7.91. The van der Waals surface area contributed by atoms with Crippen LogP contribution in [0.1, 0.15) is 19.8 Å². The first-order valence-electron chi connectivity index (χ1n) is 4.35. The third kappa shape index (κ3) is 7.64. The van der Waals surface area contributed by atoms with E-state index in [1.165, 1.54) is 0 Å². The Balaban J connectivity index is 3.40. The van der Waals surface area contributed by atoms with Crippen LogP contribution in [0.25, 0.3) is 0 Å². The van der Waals surface area contributed by atoms with Crippen molar-refractivity contribution >= 4 is 24.4 Å². The Hall–Kier alpha value is -0.710. The number of hydrogen-bond donors (Lipinski definition) is 3. The van der Waals surface area contributed by atoms with Gasteiger partial charge in [0, 0.05) is 31.7 Å². The van der Waals surface area contributed by atoms with Crippen LogP contribution in [0.4, 0.5) is 0 Å². The van der Waals surface area contributed by atoms with Gasteiger partial charge < -0.3 is 10.6 Å². The van der Waals surface area contributed by atoms with Crippen molar-refractivity contribution in [1.29, 1.82) is 0 Å². The van der Waals surface area contributed by atoms with E-state index < -0.39 is 0 Å². The van der Waals surface area contributed by atoms with Gasteiger partial charge in [0.05, 0.1) is 0 Å². The molecule has 0 atom stereocenters. The third-order valence-electron chi connectivity index (χ3n) is 1.39. The van der Waals surface area contributed by atoms with Crippen LogP contribution in [0.2, 0.25) is 0 Å². The molecule has 0 aromatic heterocycles. The van der Waals surface area contributed by atoms with Crippen molar-refractivity contribution in [3.63, 3.8) is 0 Å². The highest BCUT2D eigenvalue weighted by molar-refractivity contribution is 7.80. The highest BCUT2D eigenvalue weighted by Gasteiger charge is 2.04. The van der Waals surface area contributed by atoms with Crippen LogP contribution in [0, 0.1) is 0 Å². The zero-order chi connectivity index (χ0) is 10.1. The number of nitrogens with one attached hydrogen (secondary N) is 2. The molecule has 13 heavy (non-hydrogen) atoms. The molecule has 0 fully saturated rings. The molecule has 76 valence electrons. The molecule has 0 aromatic rings. The molecule has 4 nitrogen and oxygen atoms in total. The van der Waals surface area contributed by atoms with Crippen LogP contribution >= 0.6 is 12.6 Å². The smallest absolute Gasteiger partial charge is 0.220 e. The first kappa shape index (κ1) is 12.3. The molecule has 0 spiro atoms. The van der Waals surface area contributed by atoms with Gasteiger partial charge in [-0.05, 0) is 6.92 Å². The van der Waals surface area contributed by atoms with E-state index in [0.717, 1.165) is 0 Å². The Morgan fingerprint density at radius 1 is 1.15 bits per heavy atom. The molecule has 5 heteroatoms. The van der Waals surface area contributed by atoms with Crippen molar-refractivity contribution in [2.24, 2.45) is 0 Å². The van der Waals surface area contributed by atoms with E-state index in [1.807, 2.05) is 6.92 Å². The molecule has 0 aromatic carbocycles. The molecule has 0 saturated carbocycles. The molecule has 0 radical (unpaired) electrons. The molecule has 0 heterocycles. The second-order valence-electron chi connectivity index (χ2n) is 2.53. The van der Waals surface area contributed by atoms with Crippen molar-refractivity contribution in [3.8, 4) is 0 Å². The average molecular weight is 204 g/mol. The summed E-state index contributed by atoms with van der Waals surface area (Å²) in [7, 11) is 0. The van der Waals surface area contributed by atoms with Crippen LogP contribution in [0.3, 0.4) is 0 Å². The van der Waals surface area contributed by atoms with Crippen LogP contribution in [0.15, 0.2) is 0 Å². The summed E-state index contributed by atoms with van der Waals surface area (Å²) in [6.45, 7) is 3.01. The predicted molar refractivity (Wildman–Crippen MR) is 54.8 cm³/mol. The summed E-state index contributed by atoms with van der Waals surface area (Å²) in [5.41, 5.74) is 0. The first-order valence-corrected chi connectivity index (χ1v) is 4.98. The van der Waals surface area contributed by atoms with Gasteiger partial charge in [0.2, 0.25) is 11.8 Å². The molecular formula is C8H16N2O2S. The fourth-order valence-electron chi connectivity index (χ4n) is 0.796. The Morgan fingerprint density at radius 2 is 1.69 bits per heavy atom. The summed E-state index contributed by atoms with van der Waals surface area (Å²) in [4.78, 5) is 21.9. The highest BCUT2D eigenvalue weighted by atomic mass is 32.1. The largest absolute Gasteiger partial charge is 0.356 e. The summed E-state index contributed by atoms with van der Waals surface area (Å²) in [6, 6.07) is 0. The van der Waals surface area contributed by atoms with Gasteiger partial charge in [-0.2, -0.15) is 12.6 Å². The summed E-state index contributed by atoms with van der Waals surface area (Å²) in [6.07, 6.45) is 0.506. The fraction of sp³-hybridized carbons (Fsp3) is 0.750. The van der Waals surface area contributed by atoms with Crippen molar-refractivity contribution in [2.75, 3.05) is 18.8 Å². The van der Waals surface area contributed by atoms with Crippen molar-refractivity contribution < 1.29 is 9.59 Å². The summed E-state index contributed by atoms with van der Waals surface area (Å²) >= 11 is 3.94. The minimum Gasteiger partial charge on any atom is -0.356 e. The second-order valence-corrected chi connectivity index (χ2v) is 2.97. The van der Waals surface area contributed by atoms with Crippen LogP contribution in [-0.2, 0) is 9.59 Å². The minimum atomic E-state index is -0.0969. The number of carbonyl (C=O) groups excluding carboxylic acids is 2. The Bertz CT molecular complexity index is 174. The quantitative estimate of drug-likeness (QED) is 0.531. The number of carbonyl (C=O) groups is 2. The molecule has 0 bridgehead atoms. The summed E-state index contributed by atoms with van der Waals surface area (Å²) in [5, 5.41) is 5.26. The fourth-order valence-corrected chi connectivity index (χ4v) is 0.908. The van der Waals surface area contributed by atoms with Gasteiger partial charge in [-0.3, -0.25) is 9.59 Å². The van der Waals surface area contributed by atoms with Gasteiger partial charge in [-0.1, -0.05) is 0 Å². The van der Waals surface area contributed by atoms with Gasteiger partial charge in [0.15, 0.2) is 0 Å². The zero-order valence-corrected chi connectivity index (χ0v) is 8.69. The van der Waals surface area contributed by atoms with Crippen LogP contribution in [-0.4, -0.2) is 30.7 Å². The number of rotatable bonds is 6. The van der Waals surface area contributed by atoms with E-state index in [1.54, 1.807) is 0 Å². The highest BCUT2D eigenvalue weighted by Crippen LogP contribution is 1.88. The molecule has 0 saturated heterocycles. The lowest BCUT2D eigenvalue weighted by Crippen LogP contribution is -2.28. The minimum absolute atomic E-state index is 0.0801. The van der Waals surface area contributed by atoms with E-state index in [2.05, 4.69) is 23.3 Å². The SMILES string of the molecule is CCNC(=O)CCC(=O)NCCS.